The summed E-state index contributed by atoms with van der Waals surface area (Å²) in [5.74, 6) is -1.74. The number of hydrogen-bond donors (Lipinski definition) is 1. The van der Waals surface area contributed by atoms with Crippen LogP contribution in [0.1, 0.15) is 43.0 Å². The molecule has 0 saturated carbocycles. The third-order valence-electron chi connectivity index (χ3n) is 2.77. The van der Waals surface area contributed by atoms with Gasteiger partial charge in [0.05, 0.1) is 12.2 Å². The zero-order valence-corrected chi connectivity index (χ0v) is 11.7. The highest BCUT2D eigenvalue weighted by Crippen LogP contribution is 2.05. The molecule has 0 unspecified atom stereocenters. The van der Waals surface area contributed by atoms with Gasteiger partial charge >= 0.3 is 5.97 Å². The number of carbonyl (C=O) groups is 2. The molecule has 1 amide bonds. The third kappa shape index (κ3) is 5.82. The van der Waals surface area contributed by atoms with E-state index >= 15 is 0 Å². The molecular weight excluding hydrogens is 261 g/mol. The van der Waals surface area contributed by atoms with E-state index in [1.165, 1.54) is 18.2 Å². The molecule has 0 saturated heterocycles. The molecule has 20 heavy (non-hydrogen) atoms. The Bertz CT molecular complexity index is 448. The van der Waals surface area contributed by atoms with Crippen molar-refractivity contribution >= 4 is 11.9 Å². The van der Waals surface area contributed by atoms with Crippen LogP contribution in [0.2, 0.25) is 0 Å². The Hall–Kier alpha value is -1.91. The molecule has 110 valence electrons. The number of benzene rings is 1. The van der Waals surface area contributed by atoms with Crippen LogP contribution in [0, 0.1) is 5.82 Å². The second-order valence-electron chi connectivity index (χ2n) is 4.44. The summed E-state index contributed by atoms with van der Waals surface area (Å²) in [4.78, 5) is 23.0. The van der Waals surface area contributed by atoms with E-state index in [-0.39, 0.29) is 12.1 Å². The number of halogens is 1. The first-order valence-corrected chi connectivity index (χ1v) is 6.83. The van der Waals surface area contributed by atoms with Crippen LogP contribution < -0.4 is 5.32 Å². The van der Waals surface area contributed by atoms with Gasteiger partial charge in [-0.25, -0.2) is 4.39 Å². The Morgan fingerprint density at radius 1 is 1.20 bits per heavy atom. The third-order valence-corrected chi connectivity index (χ3v) is 2.77. The van der Waals surface area contributed by atoms with Crippen molar-refractivity contribution in [1.82, 2.24) is 5.32 Å². The number of amides is 1. The van der Waals surface area contributed by atoms with Crippen molar-refractivity contribution in [1.29, 1.82) is 0 Å². The maximum atomic E-state index is 13.3. The predicted octanol–water partition coefficient (Wildman–Crippen LogP) is 2.68. The number of nitrogens with one attached hydrogen (secondary N) is 1. The summed E-state index contributed by atoms with van der Waals surface area (Å²) in [6.07, 6.45) is 4.07. The minimum absolute atomic E-state index is 0.0803. The maximum Gasteiger partial charge on any atom is 0.325 e. The first kappa shape index (κ1) is 16.1. The van der Waals surface area contributed by atoms with Gasteiger partial charge in [0.1, 0.15) is 12.4 Å². The van der Waals surface area contributed by atoms with E-state index in [0.717, 1.165) is 25.7 Å². The predicted molar refractivity (Wildman–Crippen MR) is 73.8 cm³/mol. The largest absolute Gasteiger partial charge is 0.464 e. The molecule has 0 radical (unpaired) electrons. The van der Waals surface area contributed by atoms with Gasteiger partial charge in [0.15, 0.2) is 0 Å². The molecule has 0 spiro atoms. The average Bonchev–Trinajstić information content (AvgIpc) is 2.45. The van der Waals surface area contributed by atoms with Gasteiger partial charge in [-0.15, -0.1) is 0 Å². The Morgan fingerprint density at radius 2 is 1.95 bits per heavy atom. The smallest absolute Gasteiger partial charge is 0.325 e. The first-order chi connectivity index (χ1) is 9.65. The number of hydrogen-bond acceptors (Lipinski definition) is 3. The molecule has 1 aromatic carbocycles. The molecule has 0 aliphatic heterocycles. The fraction of sp³-hybridized carbons (Fsp3) is 0.467. The second kappa shape index (κ2) is 9.07. The maximum absolute atomic E-state index is 13.3. The molecular formula is C15H20FNO3. The minimum atomic E-state index is -0.619. The quantitative estimate of drug-likeness (QED) is 0.589. The van der Waals surface area contributed by atoms with E-state index in [9.17, 15) is 14.0 Å². The first-order valence-electron chi connectivity index (χ1n) is 6.83. The zero-order chi connectivity index (χ0) is 14.8. The highest BCUT2D eigenvalue weighted by atomic mass is 19.1. The van der Waals surface area contributed by atoms with E-state index in [2.05, 4.69) is 12.2 Å². The van der Waals surface area contributed by atoms with Crippen molar-refractivity contribution < 1.29 is 18.7 Å². The van der Waals surface area contributed by atoms with Crippen molar-refractivity contribution in [2.75, 3.05) is 13.2 Å². The van der Waals surface area contributed by atoms with Crippen LogP contribution in [0.4, 0.5) is 4.39 Å². The summed E-state index contributed by atoms with van der Waals surface area (Å²) in [6.45, 7) is 2.21. The van der Waals surface area contributed by atoms with Crippen LogP contribution in [0.15, 0.2) is 24.3 Å². The summed E-state index contributed by atoms with van der Waals surface area (Å²) in [7, 11) is 0. The van der Waals surface area contributed by atoms with E-state index in [1.54, 1.807) is 6.07 Å². The normalized spacial score (nSPS) is 10.1. The SMILES string of the molecule is CCCCCCOC(=O)CNC(=O)c1ccccc1F. The molecule has 0 aromatic heterocycles. The molecule has 1 aromatic rings. The fourth-order valence-corrected chi connectivity index (χ4v) is 1.66. The lowest BCUT2D eigenvalue weighted by Gasteiger charge is -2.07. The monoisotopic (exact) mass is 281 g/mol. The van der Waals surface area contributed by atoms with E-state index < -0.39 is 17.7 Å². The lowest BCUT2D eigenvalue weighted by molar-refractivity contribution is -0.142. The van der Waals surface area contributed by atoms with Gasteiger partial charge in [0, 0.05) is 0 Å². The molecule has 1 N–H and O–H groups in total. The van der Waals surface area contributed by atoms with Gasteiger partial charge in [0.2, 0.25) is 0 Å². The van der Waals surface area contributed by atoms with E-state index in [0.29, 0.717) is 6.61 Å². The van der Waals surface area contributed by atoms with E-state index in [1.807, 2.05) is 0 Å². The van der Waals surface area contributed by atoms with Crippen molar-refractivity contribution in [2.24, 2.45) is 0 Å². The summed E-state index contributed by atoms with van der Waals surface area (Å²) < 4.78 is 18.3. The van der Waals surface area contributed by atoms with E-state index in [4.69, 9.17) is 4.74 Å². The van der Waals surface area contributed by atoms with Crippen molar-refractivity contribution in [2.45, 2.75) is 32.6 Å². The topological polar surface area (TPSA) is 55.4 Å². The Labute approximate surface area is 118 Å². The highest BCUT2D eigenvalue weighted by Gasteiger charge is 2.12. The highest BCUT2D eigenvalue weighted by molar-refractivity contribution is 5.96. The number of carbonyl (C=O) groups excluding carboxylic acids is 2. The number of ether oxygens (including phenoxy) is 1. The lowest BCUT2D eigenvalue weighted by atomic mass is 10.2. The summed E-state index contributed by atoms with van der Waals surface area (Å²) in [6, 6.07) is 5.61. The van der Waals surface area contributed by atoms with Gasteiger partial charge in [-0.2, -0.15) is 0 Å². The fourth-order valence-electron chi connectivity index (χ4n) is 1.66. The zero-order valence-electron chi connectivity index (χ0n) is 11.7. The molecule has 0 heterocycles. The molecule has 0 fully saturated rings. The molecule has 1 rings (SSSR count). The minimum Gasteiger partial charge on any atom is -0.464 e. The van der Waals surface area contributed by atoms with Crippen LogP contribution in [-0.4, -0.2) is 25.0 Å². The Morgan fingerprint density at radius 3 is 2.65 bits per heavy atom. The van der Waals surface area contributed by atoms with Crippen LogP contribution in [-0.2, 0) is 9.53 Å². The standard InChI is InChI=1S/C15H20FNO3/c1-2-3-4-7-10-20-14(18)11-17-15(19)12-8-5-6-9-13(12)16/h5-6,8-9H,2-4,7,10-11H2,1H3,(H,17,19). The molecule has 0 bridgehead atoms. The van der Waals surface area contributed by atoms with Crippen molar-refractivity contribution in [3.05, 3.63) is 35.6 Å². The van der Waals surface area contributed by atoms with Crippen LogP contribution in [0.3, 0.4) is 0 Å². The summed E-state index contributed by atoms with van der Waals surface area (Å²) in [5, 5.41) is 2.34. The second-order valence-corrected chi connectivity index (χ2v) is 4.44. The van der Waals surface area contributed by atoms with Crippen LogP contribution >= 0.6 is 0 Å². The average molecular weight is 281 g/mol. The summed E-state index contributed by atoms with van der Waals surface area (Å²) >= 11 is 0. The molecule has 0 atom stereocenters. The number of esters is 1. The van der Waals surface area contributed by atoms with Gasteiger partial charge in [-0.05, 0) is 18.6 Å². The van der Waals surface area contributed by atoms with Crippen molar-refractivity contribution in [3.8, 4) is 0 Å². The Kier molecular flexibility index (Phi) is 7.32. The van der Waals surface area contributed by atoms with Gasteiger partial charge in [-0.3, -0.25) is 9.59 Å². The summed E-state index contributed by atoms with van der Waals surface area (Å²) in [5.41, 5.74) is -0.0803. The molecule has 5 heteroatoms. The van der Waals surface area contributed by atoms with Gasteiger partial charge in [0.25, 0.3) is 5.91 Å². The van der Waals surface area contributed by atoms with Crippen LogP contribution in [0.5, 0.6) is 0 Å². The number of rotatable bonds is 8. The molecule has 0 aliphatic carbocycles. The molecule has 4 nitrogen and oxygen atoms in total. The van der Waals surface area contributed by atoms with Gasteiger partial charge < -0.3 is 10.1 Å². The lowest BCUT2D eigenvalue weighted by Crippen LogP contribution is -2.31. The van der Waals surface area contributed by atoms with Gasteiger partial charge in [-0.1, -0.05) is 38.3 Å². The van der Waals surface area contributed by atoms with Crippen LogP contribution in [0.25, 0.3) is 0 Å². The Balaban J connectivity index is 2.24. The number of unbranched alkanes of at least 4 members (excludes halogenated alkanes) is 3. The van der Waals surface area contributed by atoms with Crippen molar-refractivity contribution in [3.63, 3.8) is 0 Å². The molecule has 0 aliphatic rings.